The van der Waals surface area contributed by atoms with Gasteiger partial charge in [-0.25, -0.2) is 13.1 Å². The molecule has 2 aromatic rings. The molecule has 5 atom stereocenters. The second-order valence-electron chi connectivity index (χ2n) is 18.0. The number of nitrogens with one attached hydrogen (secondary N) is 1. The fourth-order valence-electron chi connectivity index (χ4n) is 9.42. The molecule has 308 valence electrons. The van der Waals surface area contributed by atoms with Crippen LogP contribution < -0.4 is 14.4 Å². The van der Waals surface area contributed by atoms with Crippen LogP contribution in [-0.4, -0.2) is 107 Å². The highest BCUT2D eigenvalue weighted by atomic mass is 35.5. The van der Waals surface area contributed by atoms with Crippen LogP contribution in [-0.2, 0) is 32.5 Å². The number of aryl methyl sites for hydroxylation is 1. The number of allylic oxidation sites excluding steroid dienone is 1. The van der Waals surface area contributed by atoms with E-state index >= 15 is 0 Å². The van der Waals surface area contributed by atoms with Crippen molar-refractivity contribution in [3.05, 3.63) is 70.3 Å². The van der Waals surface area contributed by atoms with E-state index in [9.17, 15) is 13.2 Å². The number of anilines is 1. The number of amides is 1. The van der Waals surface area contributed by atoms with Gasteiger partial charge in [0.25, 0.3) is 5.91 Å². The second-order valence-corrected chi connectivity index (χ2v) is 20.4. The van der Waals surface area contributed by atoms with Gasteiger partial charge in [0.1, 0.15) is 18.0 Å². The summed E-state index contributed by atoms with van der Waals surface area (Å²) in [5.41, 5.74) is 2.71. The Bertz CT molecular complexity index is 1850. The molecule has 2 saturated heterocycles. The lowest BCUT2D eigenvalue weighted by molar-refractivity contribution is -0.153. The van der Waals surface area contributed by atoms with E-state index in [1.807, 2.05) is 37.3 Å². The Balaban J connectivity index is 1.28. The zero-order chi connectivity index (χ0) is 39.7. The summed E-state index contributed by atoms with van der Waals surface area (Å²) in [6.45, 7) is 19.4. The Morgan fingerprint density at radius 2 is 1.80 bits per heavy atom. The lowest BCUT2D eigenvalue weighted by Gasteiger charge is -2.58. The zero-order valence-electron chi connectivity index (χ0n) is 34.1. The van der Waals surface area contributed by atoms with Gasteiger partial charge in [0.2, 0.25) is 10.0 Å². The number of benzene rings is 2. The number of fused-ring (bicyclic) bond motifs is 3. The van der Waals surface area contributed by atoms with Crippen molar-refractivity contribution >= 4 is 33.2 Å². The number of hydrogen-bond donors (Lipinski definition) is 1. The molecule has 0 spiro atoms. The van der Waals surface area contributed by atoms with Crippen molar-refractivity contribution in [3.8, 4) is 5.75 Å². The number of nitrogens with zero attached hydrogens (tertiary/aromatic N) is 3. The molecule has 2 aromatic carbocycles. The van der Waals surface area contributed by atoms with Crippen LogP contribution in [0.4, 0.5) is 5.69 Å². The van der Waals surface area contributed by atoms with Crippen LogP contribution in [0.3, 0.4) is 0 Å². The first kappa shape index (κ1) is 41.5. The molecule has 5 aliphatic rings. The van der Waals surface area contributed by atoms with Gasteiger partial charge in [-0.2, -0.15) is 0 Å². The molecule has 56 heavy (non-hydrogen) atoms. The van der Waals surface area contributed by atoms with Crippen molar-refractivity contribution in [1.29, 1.82) is 0 Å². The third-order valence-electron chi connectivity index (χ3n) is 13.4. The van der Waals surface area contributed by atoms with E-state index in [0.29, 0.717) is 42.9 Å². The molecule has 1 unspecified atom stereocenters. The molecule has 1 saturated carbocycles. The average molecular weight is 812 g/mol. The quantitative estimate of drug-likeness (QED) is 0.311. The van der Waals surface area contributed by atoms with E-state index in [1.165, 1.54) is 5.56 Å². The Labute approximate surface area is 340 Å². The molecule has 3 fully saturated rings. The van der Waals surface area contributed by atoms with Gasteiger partial charge >= 0.3 is 0 Å². The van der Waals surface area contributed by atoms with Crippen molar-refractivity contribution in [1.82, 2.24) is 14.5 Å². The Morgan fingerprint density at radius 3 is 2.50 bits per heavy atom. The summed E-state index contributed by atoms with van der Waals surface area (Å²) in [4.78, 5) is 21.3. The van der Waals surface area contributed by atoms with Crippen LogP contribution in [0.5, 0.6) is 5.75 Å². The number of ether oxygens (including phenoxy) is 3. The second kappa shape index (κ2) is 17.3. The number of halogens is 1. The van der Waals surface area contributed by atoms with Crippen LogP contribution in [0.25, 0.3) is 0 Å². The van der Waals surface area contributed by atoms with Crippen LogP contribution in [0.1, 0.15) is 88.2 Å². The minimum absolute atomic E-state index is 0.113. The lowest BCUT2D eigenvalue weighted by atomic mass is 9.54. The van der Waals surface area contributed by atoms with Gasteiger partial charge in [-0.3, -0.25) is 14.6 Å². The minimum atomic E-state index is -3.98. The molecular weight excluding hydrogens is 748 g/mol. The first-order valence-corrected chi connectivity index (χ1v) is 22.9. The van der Waals surface area contributed by atoms with Gasteiger partial charge in [-0.15, -0.1) is 0 Å². The summed E-state index contributed by atoms with van der Waals surface area (Å²) < 4.78 is 49.3. The molecule has 1 amide bonds. The molecular formula is C44H63ClN4O6S. The van der Waals surface area contributed by atoms with E-state index < -0.39 is 26.8 Å². The SMILES string of the molecule is CC(C)CO[C@@]1(CN2CCN(C3COC3)CC2)/C=C/C[C@H](C)[C@@H](C)S(=O)(=O)NC(=O)c2ccc3c(c2)N(CCCCc2cc(Cl)ccc2CO3)CC2(C)CC[C@H]21. The summed E-state index contributed by atoms with van der Waals surface area (Å²) >= 11 is 6.45. The molecule has 2 bridgehead atoms. The zero-order valence-corrected chi connectivity index (χ0v) is 35.7. The van der Waals surface area contributed by atoms with Crippen LogP contribution in [0.15, 0.2) is 48.6 Å². The van der Waals surface area contributed by atoms with Crippen molar-refractivity contribution in [2.24, 2.45) is 23.2 Å². The maximum atomic E-state index is 13.8. The van der Waals surface area contributed by atoms with Crippen LogP contribution in [0.2, 0.25) is 5.02 Å². The first-order valence-electron chi connectivity index (χ1n) is 21.0. The number of rotatable bonds is 6. The first-order chi connectivity index (χ1) is 26.7. The normalized spacial score (nSPS) is 31.4. The molecule has 1 N–H and O–H groups in total. The highest BCUT2D eigenvalue weighted by molar-refractivity contribution is 7.90. The molecule has 4 heterocycles. The smallest absolute Gasteiger partial charge is 0.264 e. The predicted octanol–water partition coefficient (Wildman–Crippen LogP) is 6.95. The van der Waals surface area contributed by atoms with Crippen LogP contribution >= 0.6 is 11.6 Å². The molecule has 7 rings (SSSR count). The average Bonchev–Trinajstić information content (AvgIpc) is 3.16. The fraction of sp³-hybridized carbons (Fsp3) is 0.659. The van der Waals surface area contributed by atoms with E-state index in [2.05, 4.69) is 52.3 Å². The van der Waals surface area contributed by atoms with Gasteiger partial charge in [0, 0.05) is 56.4 Å². The Hall–Kier alpha value is -2.67. The number of hydrogen-bond acceptors (Lipinski definition) is 9. The highest BCUT2D eigenvalue weighted by Crippen LogP contribution is 2.55. The number of carbonyl (C=O) groups excluding carboxylic acids is 1. The maximum Gasteiger partial charge on any atom is 0.264 e. The predicted molar refractivity (Wildman–Crippen MR) is 223 cm³/mol. The third kappa shape index (κ3) is 9.13. The summed E-state index contributed by atoms with van der Waals surface area (Å²) in [5.74, 6) is 0.381. The molecule has 0 radical (unpaired) electrons. The molecule has 1 aliphatic carbocycles. The maximum absolute atomic E-state index is 13.8. The third-order valence-corrected chi connectivity index (χ3v) is 15.5. The van der Waals surface area contributed by atoms with Crippen molar-refractivity contribution < 1.29 is 27.4 Å². The van der Waals surface area contributed by atoms with Gasteiger partial charge in [0.05, 0.1) is 36.8 Å². The molecule has 0 aromatic heterocycles. The largest absolute Gasteiger partial charge is 0.487 e. The topological polar surface area (TPSA) is 101 Å². The van der Waals surface area contributed by atoms with Gasteiger partial charge in [0.15, 0.2) is 0 Å². The number of sulfonamides is 1. The lowest BCUT2D eigenvalue weighted by Crippen LogP contribution is -2.63. The minimum Gasteiger partial charge on any atom is -0.487 e. The molecule has 4 aliphatic heterocycles. The summed E-state index contributed by atoms with van der Waals surface area (Å²) in [6, 6.07) is 11.9. The summed E-state index contributed by atoms with van der Waals surface area (Å²) in [6.07, 6.45) is 9.92. The Kier molecular flexibility index (Phi) is 12.8. The number of carbonyl (C=O) groups is 1. The fourth-order valence-corrected chi connectivity index (χ4v) is 10.9. The van der Waals surface area contributed by atoms with Gasteiger partial charge in [-0.05, 0) is 110 Å². The van der Waals surface area contributed by atoms with E-state index in [1.54, 1.807) is 13.0 Å². The monoisotopic (exact) mass is 810 g/mol. The summed E-state index contributed by atoms with van der Waals surface area (Å²) in [7, 11) is -3.98. The van der Waals surface area contributed by atoms with Crippen molar-refractivity contribution in [2.75, 3.05) is 70.5 Å². The number of piperazine rings is 1. The van der Waals surface area contributed by atoms with Crippen LogP contribution in [0, 0.1) is 23.2 Å². The van der Waals surface area contributed by atoms with E-state index in [0.717, 1.165) is 107 Å². The summed E-state index contributed by atoms with van der Waals surface area (Å²) in [5, 5.41) is -0.0730. The van der Waals surface area contributed by atoms with Crippen molar-refractivity contribution in [2.45, 2.75) is 96.6 Å². The van der Waals surface area contributed by atoms with Crippen molar-refractivity contribution in [3.63, 3.8) is 0 Å². The van der Waals surface area contributed by atoms with Gasteiger partial charge < -0.3 is 19.1 Å². The highest BCUT2D eigenvalue weighted by Gasteiger charge is 2.55. The Morgan fingerprint density at radius 1 is 1.02 bits per heavy atom. The molecule has 10 nitrogen and oxygen atoms in total. The van der Waals surface area contributed by atoms with Gasteiger partial charge in [-0.1, -0.05) is 57.5 Å². The standard InChI is InChI=1S/C44H63ClN4O6S/c1-31(2)25-55-44(30-47-19-21-48(22-20-47)38-27-53-28-38)16-8-9-32(3)33(4)56(51,52)46-42(50)35-12-14-40-39(24-35)49(29-43(5)17-15-41(43)44)18-7-6-10-34-23-37(45)13-11-36(34)26-54-40/h8,11-14,16,23-24,31-33,38,41H,6-7,9-10,15,17-22,25-30H2,1-5H3,(H,46,50)/b16-8+/t32-,33+,41+,43?,44+/m0/s1. The van der Waals surface area contributed by atoms with E-state index in [-0.39, 0.29) is 17.3 Å². The molecule has 12 heteroatoms. The van der Waals surface area contributed by atoms with E-state index in [4.69, 9.17) is 25.8 Å².